The molecule has 2 aromatic heterocycles. The summed E-state index contributed by atoms with van der Waals surface area (Å²) in [6.07, 6.45) is 0.352. The van der Waals surface area contributed by atoms with Crippen LogP contribution in [0.2, 0.25) is 4.34 Å². The maximum absolute atomic E-state index is 11.8. The lowest BCUT2D eigenvalue weighted by Crippen LogP contribution is -2.04. The van der Waals surface area contributed by atoms with Gasteiger partial charge in [-0.15, -0.1) is 22.7 Å². The minimum atomic E-state index is 0.00877. The third-order valence-electron chi connectivity index (χ3n) is 1.98. The molecule has 0 saturated heterocycles. The smallest absolute Gasteiger partial charge is 0.187 e. The predicted molar refractivity (Wildman–Crippen MR) is 67.4 cm³/mol. The highest BCUT2D eigenvalue weighted by Gasteiger charge is 2.12. The third kappa shape index (κ3) is 2.68. The molecular formula is C10H9ClN2OS2. The minimum absolute atomic E-state index is 0.00877. The summed E-state index contributed by atoms with van der Waals surface area (Å²) in [7, 11) is 0. The van der Waals surface area contributed by atoms with Gasteiger partial charge in [-0.2, -0.15) is 0 Å². The first-order valence-electron chi connectivity index (χ1n) is 4.61. The second kappa shape index (κ2) is 5.05. The molecule has 0 aliphatic rings. The lowest BCUT2D eigenvalue weighted by Gasteiger charge is -1.93. The van der Waals surface area contributed by atoms with E-state index in [1.54, 1.807) is 11.4 Å². The van der Waals surface area contributed by atoms with Crippen LogP contribution in [0.4, 0.5) is 0 Å². The molecular weight excluding hydrogens is 264 g/mol. The Balaban J connectivity index is 2.08. The van der Waals surface area contributed by atoms with Crippen molar-refractivity contribution in [1.82, 2.24) is 4.98 Å². The Hall–Kier alpha value is -0.750. The number of rotatable bonds is 4. The van der Waals surface area contributed by atoms with Gasteiger partial charge in [0.05, 0.1) is 4.34 Å². The van der Waals surface area contributed by atoms with Crippen LogP contribution in [0.15, 0.2) is 17.5 Å². The molecule has 0 radical (unpaired) electrons. The van der Waals surface area contributed by atoms with Crippen LogP contribution in [-0.4, -0.2) is 10.8 Å². The van der Waals surface area contributed by atoms with E-state index in [-0.39, 0.29) is 5.78 Å². The van der Waals surface area contributed by atoms with Crippen LogP contribution in [0.5, 0.6) is 0 Å². The number of Topliss-reactive ketones (excluding diaryl/α,β-unsaturated/α-hetero) is 1. The summed E-state index contributed by atoms with van der Waals surface area (Å²) < 4.78 is 0.698. The molecule has 6 heteroatoms. The zero-order valence-corrected chi connectivity index (χ0v) is 10.7. The van der Waals surface area contributed by atoms with Crippen LogP contribution in [0.3, 0.4) is 0 Å². The Morgan fingerprint density at radius 2 is 2.31 bits per heavy atom. The maximum atomic E-state index is 11.8. The number of thiophene rings is 1. The highest BCUT2D eigenvalue weighted by molar-refractivity contribution is 7.16. The first kappa shape index (κ1) is 11.7. The van der Waals surface area contributed by atoms with Crippen molar-refractivity contribution >= 4 is 40.1 Å². The van der Waals surface area contributed by atoms with Crippen molar-refractivity contribution in [2.75, 3.05) is 0 Å². The van der Waals surface area contributed by atoms with Gasteiger partial charge >= 0.3 is 0 Å². The van der Waals surface area contributed by atoms with Crippen molar-refractivity contribution in [2.24, 2.45) is 5.73 Å². The summed E-state index contributed by atoms with van der Waals surface area (Å²) >= 11 is 8.63. The summed E-state index contributed by atoms with van der Waals surface area (Å²) in [5.41, 5.74) is 5.94. The Kier molecular flexibility index (Phi) is 3.70. The molecule has 2 heterocycles. The molecule has 0 unspecified atom stereocenters. The van der Waals surface area contributed by atoms with E-state index < -0.39 is 0 Å². The molecule has 0 aliphatic carbocycles. The highest BCUT2D eigenvalue weighted by Crippen LogP contribution is 2.23. The van der Waals surface area contributed by atoms with E-state index in [9.17, 15) is 4.79 Å². The van der Waals surface area contributed by atoms with E-state index >= 15 is 0 Å². The Labute approximate surface area is 106 Å². The van der Waals surface area contributed by atoms with Gasteiger partial charge in [0.15, 0.2) is 5.78 Å². The number of thiazole rings is 1. The second-order valence-corrected chi connectivity index (χ2v) is 5.88. The molecule has 0 aromatic carbocycles. The van der Waals surface area contributed by atoms with Crippen molar-refractivity contribution in [3.05, 3.63) is 37.4 Å². The van der Waals surface area contributed by atoms with Gasteiger partial charge in [-0.3, -0.25) is 4.79 Å². The van der Waals surface area contributed by atoms with Gasteiger partial charge in [0.1, 0.15) is 10.7 Å². The fourth-order valence-electron chi connectivity index (χ4n) is 1.23. The largest absolute Gasteiger partial charge is 0.325 e. The van der Waals surface area contributed by atoms with E-state index in [0.717, 1.165) is 9.88 Å². The molecule has 84 valence electrons. The van der Waals surface area contributed by atoms with Crippen molar-refractivity contribution < 1.29 is 4.79 Å². The van der Waals surface area contributed by atoms with Crippen LogP contribution < -0.4 is 5.73 Å². The Bertz CT molecular complexity index is 506. The van der Waals surface area contributed by atoms with Crippen molar-refractivity contribution in [3.63, 3.8) is 0 Å². The average molecular weight is 273 g/mol. The van der Waals surface area contributed by atoms with Crippen molar-refractivity contribution in [3.8, 4) is 0 Å². The topological polar surface area (TPSA) is 56.0 Å². The summed E-state index contributed by atoms with van der Waals surface area (Å²) in [6.45, 7) is 0.378. The molecule has 2 N–H and O–H groups in total. The number of ketones is 1. The maximum Gasteiger partial charge on any atom is 0.187 e. The predicted octanol–water partition coefficient (Wildman–Crippen LogP) is 2.74. The van der Waals surface area contributed by atoms with Crippen molar-refractivity contribution in [1.29, 1.82) is 0 Å². The molecule has 0 atom stereocenters. The second-order valence-electron chi connectivity index (χ2n) is 3.14. The number of carbonyl (C=O) groups excluding carboxylic acids is 1. The SMILES string of the molecule is NCc1nc(C(=O)Cc2ccc(Cl)s2)cs1. The standard InChI is InChI=1S/C10H9ClN2OS2/c11-9-2-1-6(16-9)3-8(14)7-5-15-10(4-12)13-7/h1-2,5H,3-4,12H2. The molecule has 0 fully saturated rings. The zero-order valence-electron chi connectivity index (χ0n) is 8.27. The van der Waals surface area contributed by atoms with Crippen LogP contribution >= 0.6 is 34.3 Å². The number of halogens is 1. The van der Waals surface area contributed by atoms with Crippen LogP contribution in [0, 0.1) is 0 Å². The summed E-state index contributed by atoms with van der Waals surface area (Å²) in [5, 5.41) is 2.53. The quantitative estimate of drug-likeness (QED) is 0.871. The van der Waals surface area contributed by atoms with E-state index in [4.69, 9.17) is 17.3 Å². The fraction of sp³-hybridized carbons (Fsp3) is 0.200. The lowest BCUT2D eigenvalue weighted by atomic mass is 10.2. The number of carbonyl (C=O) groups is 1. The lowest BCUT2D eigenvalue weighted by molar-refractivity contribution is 0.0989. The number of hydrogen-bond acceptors (Lipinski definition) is 5. The fourth-order valence-corrected chi connectivity index (χ4v) is 2.99. The third-order valence-corrected chi connectivity index (χ3v) is 4.08. The van der Waals surface area contributed by atoms with Crippen molar-refractivity contribution in [2.45, 2.75) is 13.0 Å². The molecule has 0 saturated carbocycles. The van der Waals surface area contributed by atoms with Crippen LogP contribution in [0.25, 0.3) is 0 Å². The van der Waals surface area contributed by atoms with E-state index in [1.165, 1.54) is 22.7 Å². The molecule has 0 bridgehead atoms. The first-order chi connectivity index (χ1) is 7.69. The molecule has 2 rings (SSSR count). The van der Waals surface area contributed by atoms with Gasteiger partial charge in [-0.05, 0) is 12.1 Å². The zero-order chi connectivity index (χ0) is 11.5. The summed E-state index contributed by atoms with van der Waals surface area (Å²) in [5.74, 6) is 0.00877. The molecule has 0 spiro atoms. The van der Waals surface area contributed by atoms with E-state index in [0.29, 0.717) is 23.0 Å². The summed E-state index contributed by atoms with van der Waals surface area (Å²) in [4.78, 5) is 16.9. The van der Waals surface area contributed by atoms with Gasteiger partial charge in [0, 0.05) is 23.2 Å². The number of nitrogens with two attached hydrogens (primary N) is 1. The van der Waals surface area contributed by atoms with Crippen LogP contribution in [0.1, 0.15) is 20.4 Å². The molecule has 0 aliphatic heterocycles. The van der Waals surface area contributed by atoms with E-state index in [1.807, 2.05) is 6.07 Å². The molecule has 2 aromatic rings. The average Bonchev–Trinajstić information content (AvgIpc) is 2.87. The van der Waals surface area contributed by atoms with Gasteiger partial charge in [0.2, 0.25) is 0 Å². The molecule has 3 nitrogen and oxygen atoms in total. The number of hydrogen-bond donors (Lipinski definition) is 1. The van der Waals surface area contributed by atoms with Gasteiger partial charge in [0.25, 0.3) is 0 Å². The van der Waals surface area contributed by atoms with Gasteiger partial charge in [-0.25, -0.2) is 4.98 Å². The van der Waals surface area contributed by atoms with Crippen LogP contribution in [-0.2, 0) is 13.0 Å². The van der Waals surface area contributed by atoms with Gasteiger partial charge < -0.3 is 5.73 Å². The minimum Gasteiger partial charge on any atom is -0.325 e. The number of aromatic nitrogens is 1. The Morgan fingerprint density at radius 3 is 2.88 bits per heavy atom. The first-order valence-corrected chi connectivity index (χ1v) is 6.68. The molecule has 16 heavy (non-hydrogen) atoms. The summed E-state index contributed by atoms with van der Waals surface area (Å²) in [6, 6.07) is 3.66. The Morgan fingerprint density at radius 1 is 1.50 bits per heavy atom. The highest BCUT2D eigenvalue weighted by atomic mass is 35.5. The molecule has 0 amide bonds. The number of nitrogens with zero attached hydrogens (tertiary/aromatic N) is 1. The van der Waals surface area contributed by atoms with Gasteiger partial charge in [-0.1, -0.05) is 11.6 Å². The monoisotopic (exact) mass is 272 g/mol. The van der Waals surface area contributed by atoms with E-state index in [2.05, 4.69) is 4.98 Å². The normalized spacial score (nSPS) is 10.6.